The summed E-state index contributed by atoms with van der Waals surface area (Å²) in [5.74, 6) is -0.00933. The summed E-state index contributed by atoms with van der Waals surface area (Å²) in [5, 5.41) is 6.05. The van der Waals surface area contributed by atoms with E-state index >= 15 is 0 Å². The third-order valence-electron chi connectivity index (χ3n) is 2.99. The Morgan fingerprint density at radius 2 is 2.29 bits per heavy atom. The predicted molar refractivity (Wildman–Crippen MR) is 63.4 cm³/mol. The SMILES string of the molecule is CCCC1(C(=O)NCCOC(N)=O)CCCN1. The van der Waals surface area contributed by atoms with Crippen LogP contribution in [0.4, 0.5) is 4.79 Å². The third-order valence-corrected chi connectivity index (χ3v) is 2.99. The molecule has 1 unspecified atom stereocenters. The number of carbonyl (C=O) groups excluding carboxylic acids is 2. The molecule has 1 aliphatic rings. The van der Waals surface area contributed by atoms with Gasteiger partial charge in [0, 0.05) is 0 Å². The first-order valence-electron chi connectivity index (χ1n) is 6.06. The Balaban J connectivity index is 2.35. The number of hydrogen-bond donors (Lipinski definition) is 3. The van der Waals surface area contributed by atoms with Gasteiger partial charge in [-0.15, -0.1) is 0 Å². The van der Waals surface area contributed by atoms with Gasteiger partial charge in [-0.05, 0) is 25.8 Å². The number of amides is 2. The monoisotopic (exact) mass is 243 g/mol. The molecular weight excluding hydrogens is 222 g/mol. The number of nitrogens with one attached hydrogen (secondary N) is 2. The molecule has 2 amide bonds. The van der Waals surface area contributed by atoms with Crippen molar-refractivity contribution >= 4 is 12.0 Å². The zero-order valence-electron chi connectivity index (χ0n) is 10.3. The molecule has 1 rings (SSSR count). The summed E-state index contributed by atoms with van der Waals surface area (Å²) in [7, 11) is 0. The van der Waals surface area contributed by atoms with Gasteiger partial charge < -0.3 is 21.1 Å². The maximum absolute atomic E-state index is 12.1. The van der Waals surface area contributed by atoms with E-state index in [0.29, 0.717) is 6.54 Å². The second kappa shape index (κ2) is 6.44. The van der Waals surface area contributed by atoms with Crippen molar-refractivity contribution < 1.29 is 14.3 Å². The Morgan fingerprint density at radius 3 is 2.82 bits per heavy atom. The first-order chi connectivity index (χ1) is 8.10. The lowest BCUT2D eigenvalue weighted by Crippen LogP contribution is -2.54. The topological polar surface area (TPSA) is 93.4 Å². The fourth-order valence-corrected chi connectivity index (χ4v) is 2.24. The molecule has 4 N–H and O–H groups in total. The van der Waals surface area contributed by atoms with Crippen LogP contribution in [-0.4, -0.2) is 37.2 Å². The van der Waals surface area contributed by atoms with Crippen LogP contribution in [0.3, 0.4) is 0 Å². The second-order valence-corrected chi connectivity index (χ2v) is 4.29. The van der Waals surface area contributed by atoms with E-state index in [1.807, 2.05) is 0 Å². The van der Waals surface area contributed by atoms with Crippen LogP contribution in [0.25, 0.3) is 0 Å². The molecule has 0 spiro atoms. The summed E-state index contributed by atoms with van der Waals surface area (Å²) in [5.41, 5.74) is 4.39. The van der Waals surface area contributed by atoms with Gasteiger partial charge in [0.25, 0.3) is 0 Å². The molecule has 1 heterocycles. The van der Waals surface area contributed by atoms with E-state index in [9.17, 15) is 9.59 Å². The standard InChI is InChI=1S/C11H21N3O3/c1-2-4-11(5-3-6-14-11)9(15)13-7-8-17-10(12)16/h14H,2-8H2,1H3,(H2,12,16)(H,13,15). The van der Waals surface area contributed by atoms with E-state index in [2.05, 4.69) is 22.3 Å². The lowest BCUT2D eigenvalue weighted by atomic mass is 9.91. The average Bonchev–Trinajstić information content (AvgIpc) is 2.74. The summed E-state index contributed by atoms with van der Waals surface area (Å²) < 4.78 is 4.55. The predicted octanol–water partition coefficient (Wildman–Crippen LogP) is 0.120. The minimum absolute atomic E-state index is 0.00933. The first-order valence-corrected chi connectivity index (χ1v) is 6.06. The van der Waals surface area contributed by atoms with Gasteiger partial charge in [-0.3, -0.25) is 4.79 Å². The molecule has 1 fully saturated rings. The summed E-state index contributed by atoms with van der Waals surface area (Å²) in [6, 6.07) is 0. The quantitative estimate of drug-likeness (QED) is 0.578. The van der Waals surface area contributed by atoms with E-state index in [4.69, 9.17) is 5.73 Å². The molecule has 0 saturated carbocycles. The molecule has 1 saturated heterocycles. The smallest absolute Gasteiger partial charge is 0.404 e. The summed E-state index contributed by atoms with van der Waals surface area (Å²) in [6.45, 7) is 3.36. The average molecular weight is 243 g/mol. The van der Waals surface area contributed by atoms with E-state index in [1.54, 1.807) is 0 Å². The fourth-order valence-electron chi connectivity index (χ4n) is 2.24. The van der Waals surface area contributed by atoms with Gasteiger partial charge >= 0.3 is 6.09 Å². The molecule has 0 aromatic rings. The van der Waals surface area contributed by atoms with Crippen LogP contribution in [0.15, 0.2) is 0 Å². The van der Waals surface area contributed by atoms with Crippen molar-refractivity contribution in [3.05, 3.63) is 0 Å². The molecule has 1 atom stereocenters. The van der Waals surface area contributed by atoms with Crippen LogP contribution in [0.5, 0.6) is 0 Å². The molecule has 6 nitrogen and oxygen atoms in total. The van der Waals surface area contributed by atoms with Gasteiger partial charge in [0.15, 0.2) is 0 Å². The number of primary amides is 1. The van der Waals surface area contributed by atoms with E-state index in [-0.39, 0.29) is 12.5 Å². The maximum Gasteiger partial charge on any atom is 0.404 e. The summed E-state index contributed by atoms with van der Waals surface area (Å²) >= 11 is 0. The Bertz CT molecular complexity index is 275. The third kappa shape index (κ3) is 3.89. The molecular formula is C11H21N3O3. The Labute approximate surface area is 101 Å². The van der Waals surface area contributed by atoms with Crippen LogP contribution in [0.1, 0.15) is 32.6 Å². The lowest BCUT2D eigenvalue weighted by molar-refractivity contribution is -0.127. The molecule has 17 heavy (non-hydrogen) atoms. The molecule has 0 bridgehead atoms. The molecule has 6 heteroatoms. The zero-order valence-corrected chi connectivity index (χ0v) is 10.3. The van der Waals surface area contributed by atoms with Crippen LogP contribution >= 0.6 is 0 Å². The van der Waals surface area contributed by atoms with Crippen LogP contribution in [-0.2, 0) is 9.53 Å². The van der Waals surface area contributed by atoms with E-state index in [1.165, 1.54) is 0 Å². The maximum atomic E-state index is 12.1. The zero-order chi connectivity index (χ0) is 12.7. The number of ether oxygens (including phenoxy) is 1. The summed E-state index contributed by atoms with van der Waals surface area (Å²) in [6.07, 6.45) is 2.85. The first kappa shape index (κ1) is 13.8. The van der Waals surface area contributed by atoms with Crippen LogP contribution < -0.4 is 16.4 Å². The Morgan fingerprint density at radius 1 is 1.53 bits per heavy atom. The molecule has 98 valence electrons. The second-order valence-electron chi connectivity index (χ2n) is 4.29. The lowest BCUT2D eigenvalue weighted by Gasteiger charge is -2.27. The molecule has 0 aliphatic carbocycles. The van der Waals surface area contributed by atoms with Gasteiger partial charge in [-0.2, -0.15) is 0 Å². The fraction of sp³-hybridized carbons (Fsp3) is 0.818. The van der Waals surface area contributed by atoms with Crippen molar-refractivity contribution in [3.8, 4) is 0 Å². The van der Waals surface area contributed by atoms with Crippen LogP contribution in [0, 0.1) is 0 Å². The number of carbonyl (C=O) groups is 2. The van der Waals surface area contributed by atoms with Gasteiger partial charge in [0.1, 0.15) is 6.61 Å². The molecule has 1 aliphatic heterocycles. The van der Waals surface area contributed by atoms with E-state index in [0.717, 1.165) is 32.2 Å². The van der Waals surface area contributed by atoms with Crippen LogP contribution in [0.2, 0.25) is 0 Å². The number of rotatable bonds is 6. The Hall–Kier alpha value is -1.30. The van der Waals surface area contributed by atoms with Crippen molar-refractivity contribution in [2.75, 3.05) is 19.7 Å². The molecule has 0 aromatic heterocycles. The normalized spacial score (nSPS) is 23.4. The highest BCUT2D eigenvalue weighted by molar-refractivity contribution is 5.86. The van der Waals surface area contributed by atoms with Gasteiger partial charge in [0.05, 0.1) is 12.1 Å². The molecule has 0 aromatic carbocycles. The minimum Gasteiger partial charge on any atom is -0.448 e. The van der Waals surface area contributed by atoms with E-state index < -0.39 is 11.6 Å². The number of hydrogen-bond acceptors (Lipinski definition) is 4. The minimum atomic E-state index is -0.818. The molecule has 0 radical (unpaired) electrons. The van der Waals surface area contributed by atoms with Crippen molar-refractivity contribution in [1.29, 1.82) is 0 Å². The highest BCUT2D eigenvalue weighted by Gasteiger charge is 2.39. The highest BCUT2D eigenvalue weighted by atomic mass is 16.5. The van der Waals surface area contributed by atoms with Crippen molar-refractivity contribution in [2.45, 2.75) is 38.1 Å². The number of nitrogens with two attached hydrogens (primary N) is 1. The Kier molecular flexibility index (Phi) is 5.21. The van der Waals surface area contributed by atoms with Gasteiger partial charge in [-0.25, -0.2) is 4.79 Å². The van der Waals surface area contributed by atoms with Gasteiger partial charge in [-0.1, -0.05) is 13.3 Å². The van der Waals surface area contributed by atoms with Crippen molar-refractivity contribution in [1.82, 2.24) is 10.6 Å². The summed E-state index contributed by atoms with van der Waals surface area (Å²) in [4.78, 5) is 22.4. The van der Waals surface area contributed by atoms with Gasteiger partial charge in [0.2, 0.25) is 5.91 Å². The largest absolute Gasteiger partial charge is 0.448 e. The highest BCUT2D eigenvalue weighted by Crippen LogP contribution is 2.24. The van der Waals surface area contributed by atoms with Crippen molar-refractivity contribution in [2.24, 2.45) is 5.73 Å². The van der Waals surface area contributed by atoms with Crippen molar-refractivity contribution in [3.63, 3.8) is 0 Å².